The third kappa shape index (κ3) is 3.01. The molecule has 0 aliphatic carbocycles. The van der Waals surface area contributed by atoms with Crippen LogP contribution in [0.25, 0.3) is 0 Å². The van der Waals surface area contributed by atoms with Crippen LogP contribution in [0.2, 0.25) is 5.02 Å². The van der Waals surface area contributed by atoms with Gasteiger partial charge in [-0.15, -0.1) is 11.6 Å². The summed E-state index contributed by atoms with van der Waals surface area (Å²) in [4.78, 5) is 4.10. The molecule has 5 heteroatoms. The van der Waals surface area contributed by atoms with Crippen molar-refractivity contribution in [2.24, 2.45) is 10.7 Å². The van der Waals surface area contributed by atoms with Gasteiger partial charge in [-0.25, -0.2) is 4.99 Å². The van der Waals surface area contributed by atoms with Crippen molar-refractivity contribution in [3.63, 3.8) is 0 Å². The number of rotatable bonds is 3. The number of alkyl halides is 1. The molecule has 82 valence electrons. The zero-order valence-electron chi connectivity index (χ0n) is 8.55. The summed E-state index contributed by atoms with van der Waals surface area (Å²) in [7, 11) is 1.57. The Morgan fingerprint density at radius 2 is 2.20 bits per heavy atom. The molecular formula is C10H12Cl2N2O. The Balaban J connectivity index is 3.22. The van der Waals surface area contributed by atoms with Crippen LogP contribution >= 0.6 is 23.2 Å². The summed E-state index contributed by atoms with van der Waals surface area (Å²) in [5.74, 6) is 1.13. The van der Waals surface area contributed by atoms with E-state index < -0.39 is 0 Å². The normalized spacial score (nSPS) is 11.6. The van der Waals surface area contributed by atoms with Gasteiger partial charge in [0.25, 0.3) is 0 Å². The van der Waals surface area contributed by atoms with Crippen LogP contribution in [0, 0.1) is 6.92 Å². The fourth-order valence-electron chi connectivity index (χ4n) is 1.08. The van der Waals surface area contributed by atoms with Gasteiger partial charge in [-0.05, 0) is 24.6 Å². The molecule has 0 unspecified atom stereocenters. The lowest BCUT2D eigenvalue weighted by atomic mass is 10.2. The molecule has 0 aromatic heterocycles. The predicted octanol–water partition coefficient (Wildman–Crippen LogP) is 2.88. The van der Waals surface area contributed by atoms with Crippen LogP contribution in [0.15, 0.2) is 17.1 Å². The highest BCUT2D eigenvalue weighted by atomic mass is 35.5. The molecule has 2 N–H and O–H groups in total. The molecule has 0 aliphatic rings. The highest BCUT2D eigenvalue weighted by molar-refractivity contribution is 6.31. The SMILES string of the molecule is COc1cc(C)c(Cl)cc1N=C(N)CCl. The van der Waals surface area contributed by atoms with Gasteiger partial charge in [0.2, 0.25) is 0 Å². The van der Waals surface area contributed by atoms with Crippen LogP contribution in [0.1, 0.15) is 5.56 Å². The van der Waals surface area contributed by atoms with Crippen LogP contribution in [-0.4, -0.2) is 18.8 Å². The average molecular weight is 247 g/mol. The van der Waals surface area contributed by atoms with E-state index in [-0.39, 0.29) is 5.88 Å². The Labute approximate surface area is 98.8 Å². The maximum atomic E-state index is 5.97. The second-order valence-corrected chi connectivity index (χ2v) is 3.68. The minimum atomic E-state index is 0.175. The van der Waals surface area contributed by atoms with Crippen LogP contribution in [0.4, 0.5) is 5.69 Å². The third-order valence-electron chi connectivity index (χ3n) is 1.86. The van der Waals surface area contributed by atoms with Gasteiger partial charge in [-0.2, -0.15) is 0 Å². The zero-order valence-corrected chi connectivity index (χ0v) is 10.1. The Kier molecular flexibility index (Phi) is 4.24. The molecule has 1 aromatic carbocycles. The van der Waals surface area contributed by atoms with E-state index in [1.54, 1.807) is 13.2 Å². The molecule has 0 saturated carbocycles. The molecule has 3 nitrogen and oxygen atoms in total. The van der Waals surface area contributed by atoms with Crippen LogP contribution in [0.5, 0.6) is 5.75 Å². The number of halogens is 2. The molecule has 0 fully saturated rings. The highest BCUT2D eigenvalue weighted by Crippen LogP contribution is 2.33. The van der Waals surface area contributed by atoms with Crippen molar-refractivity contribution < 1.29 is 4.74 Å². The van der Waals surface area contributed by atoms with E-state index in [0.717, 1.165) is 5.56 Å². The van der Waals surface area contributed by atoms with Crippen LogP contribution in [-0.2, 0) is 0 Å². The molecule has 0 saturated heterocycles. The molecule has 1 aromatic rings. The number of hydrogen-bond donors (Lipinski definition) is 1. The first-order chi connectivity index (χ1) is 7.08. The van der Waals surface area contributed by atoms with Gasteiger partial charge in [0, 0.05) is 5.02 Å². The molecule has 15 heavy (non-hydrogen) atoms. The fraction of sp³-hybridized carbons (Fsp3) is 0.300. The van der Waals surface area contributed by atoms with Gasteiger partial charge >= 0.3 is 0 Å². The number of aliphatic imine (C=N–C) groups is 1. The molecule has 0 amide bonds. The van der Waals surface area contributed by atoms with Crippen molar-refractivity contribution in [3.8, 4) is 5.75 Å². The molecular weight excluding hydrogens is 235 g/mol. The molecule has 0 aliphatic heterocycles. The second-order valence-electron chi connectivity index (χ2n) is 3.01. The highest BCUT2D eigenvalue weighted by Gasteiger charge is 2.06. The van der Waals surface area contributed by atoms with Gasteiger partial charge in [0.1, 0.15) is 17.3 Å². The monoisotopic (exact) mass is 246 g/mol. The first kappa shape index (κ1) is 12.1. The number of amidine groups is 1. The van der Waals surface area contributed by atoms with E-state index >= 15 is 0 Å². The summed E-state index contributed by atoms with van der Waals surface area (Å²) in [6.45, 7) is 1.89. The van der Waals surface area contributed by atoms with Crippen molar-refractivity contribution in [2.45, 2.75) is 6.92 Å². The average Bonchev–Trinajstić information content (AvgIpc) is 2.22. The van der Waals surface area contributed by atoms with Crippen LogP contribution < -0.4 is 10.5 Å². The Bertz CT molecular complexity index is 391. The van der Waals surface area contributed by atoms with Crippen molar-refractivity contribution in [1.82, 2.24) is 0 Å². The van der Waals surface area contributed by atoms with Crippen LogP contribution in [0.3, 0.4) is 0 Å². The topological polar surface area (TPSA) is 47.6 Å². The lowest BCUT2D eigenvalue weighted by Gasteiger charge is -2.07. The number of nitrogens with zero attached hydrogens (tertiary/aromatic N) is 1. The quantitative estimate of drug-likeness (QED) is 0.507. The molecule has 1 rings (SSSR count). The van der Waals surface area contributed by atoms with E-state index in [2.05, 4.69) is 4.99 Å². The second kappa shape index (κ2) is 5.24. The summed E-state index contributed by atoms with van der Waals surface area (Å²) >= 11 is 11.5. The van der Waals surface area contributed by atoms with Gasteiger partial charge in [-0.3, -0.25) is 0 Å². The molecule has 0 radical (unpaired) electrons. The van der Waals surface area contributed by atoms with Crippen molar-refractivity contribution in [2.75, 3.05) is 13.0 Å². The lowest BCUT2D eigenvalue weighted by Crippen LogP contribution is -2.12. The number of aryl methyl sites for hydroxylation is 1. The van der Waals surface area contributed by atoms with E-state index in [1.165, 1.54) is 0 Å². The Hall–Kier alpha value is -0.930. The summed E-state index contributed by atoms with van der Waals surface area (Å²) in [5, 5.41) is 0.622. The minimum Gasteiger partial charge on any atom is -0.494 e. The number of nitrogens with two attached hydrogens (primary N) is 1. The molecule has 0 bridgehead atoms. The number of benzene rings is 1. The lowest BCUT2D eigenvalue weighted by molar-refractivity contribution is 0.416. The van der Waals surface area contributed by atoms with Crippen molar-refractivity contribution in [1.29, 1.82) is 0 Å². The fourth-order valence-corrected chi connectivity index (χ4v) is 1.30. The van der Waals surface area contributed by atoms with E-state index in [4.69, 9.17) is 33.7 Å². The van der Waals surface area contributed by atoms with Gasteiger partial charge in [0.05, 0.1) is 13.0 Å². The maximum Gasteiger partial charge on any atom is 0.144 e. The largest absolute Gasteiger partial charge is 0.494 e. The van der Waals surface area contributed by atoms with Gasteiger partial charge in [0.15, 0.2) is 0 Å². The third-order valence-corrected chi connectivity index (χ3v) is 2.54. The Morgan fingerprint density at radius 3 is 2.73 bits per heavy atom. The number of ether oxygens (including phenoxy) is 1. The molecule has 0 atom stereocenters. The van der Waals surface area contributed by atoms with E-state index in [9.17, 15) is 0 Å². The summed E-state index contributed by atoms with van der Waals surface area (Å²) < 4.78 is 5.16. The summed E-state index contributed by atoms with van der Waals surface area (Å²) in [6.07, 6.45) is 0. The molecule has 0 heterocycles. The predicted molar refractivity (Wildman–Crippen MR) is 64.7 cm³/mol. The van der Waals surface area contributed by atoms with E-state index in [1.807, 2.05) is 13.0 Å². The minimum absolute atomic E-state index is 0.175. The number of methoxy groups -OCH3 is 1. The van der Waals surface area contributed by atoms with Gasteiger partial charge in [-0.1, -0.05) is 11.6 Å². The first-order valence-electron chi connectivity index (χ1n) is 4.31. The van der Waals surface area contributed by atoms with Crippen molar-refractivity contribution in [3.05, 3.63) is 22.7 Å². The molecule has 0 spiro atoms. The first-order valence-corrected chi connectivity index (χ1v) is 5.23. The number of hydrogen-bond acceptors (Lipinski definition) is 2. The van der Waals surface area contributed by atoms with E-state index in [0.29, 0.717) is 22.3 Å². The summed E-state index contributed by atoms with van der Waals surface area (Å²) in [5.41, 5.74) is 7.05. The standard InChI is InChI=1S/C10H12Cl2N2O/c1-6-3-9(15-2)8(4-7(6)12)14-10(13)5-11/h3-4H,5H2,1-2H3,(H2,13,14). The zero-order chi connectivity index (χ0) is 11.4. The Morgan fingerprint density at radius 1 is 1.53 bits per heavy atom. The summed E-state index contributed by atoms with van der Waals surface area (Å²) in [6, 6.07) is 3.51. The maximum absolute atomic E-state index is 5.97. The van der Waals surface area contributed by atoms with Gasteiger partial charge < -0.3 is 10.5 Å². The van der Waals surface area contributed by atoms with Crippen molar-refractivity contribution >= 4 is 34.7 Å². The smallest absolute Gasteiger partial charge is 0.144 e.